The van der Waals surface area contributed by atoms with E-state index in [4.69, 9.17) is 4.42 Å². The van der Waals surface area contributed by atoms with Crippen molar-refractivity contribution in [3.8, 4) is 16.8 Å². The normalized spacial score (nSPS) is 11.7. The lowest BCUT2D eigenvalue weighted by molar-refractivity contribution is 0.669. The number of aromatic nitrogens is 1. The Kier molecular flexibility index (Phi) is 8.68. The average Bonchev–Trinajstić information content (AvgIpc) is 4.04. The summed E-state index contributed by atoms with van der Waals surface area (Å²) < 4.78 is 11.7. The highest BCUT2D eigenvalue weighted by molar-refractivity contribution is 7.25. The van der Waals surface area contributed by atoms with Gasteiger partial charge in [0.15, 0.2) is 0 Å². The van der Waals surface area contributed by atoms with Gasteiger partial charge in [-0.25, -0.2) is 0 Å². The predicted molar refractivity (Wildman–Crippen MR) is 276 cm³/mol. The minimum atomic E-state index is 0.840. The van der Waals surface area contributed by atoms with Crippen molar-refractivity contribution in [3.63, 3.8) is 0 Å². The third-order valence-electron chi connectivity index (χ3n) is 12.7. The summed E-state index contributed by atoms with van der Waals surface area (Å²) in [7, 11) is 0. The molecule has 0 saturated carbocycles. The zero-order valence-electron chi connectivity index (χ0n) is 35.2. The number of benzene rings is 10. The van der Waals surface area contributed by atoms with Crippen LogP contribution in [0, 0.1) is 0 Å². The van der Waals surface area contributed by atoms with Crippen LogP contribution in [-0.2, 0) is 0 Å². The molecule has 13 aromatic rings. The van der Waals surface area contributed by atoms with Crippen molar-refractivity contribution in [2.75, 3.05) is 9.80 Å². The number of para-hydroxylation sites is 4. The van der Waals surface area contributed by atoms with Gasteiger partial charge in [-0.2, -0.15) is 0 Å². The van der Waals surface area contributed by atoms with Crippen LogP contribution in [0.1, 0.15) is 0 Å². The molecule has 0 atom stereocenters. The van der Waals surface area contributed by atoms with Crippen molar-refractivity contribution in [2.45, 2.75) is 0 Å². The van der Waals surface area contributed by atoms with Crippen LogP contribution >= 0.6 is 11.3 Å². The molecule has 0 saturated heterocycles. The largest absolute Gasteiger partial charge is 0.456 e. The molecule has 0 aliphatic heterocycles. The molecule has 65 heavy (non-hydrogen) atoms. The van der Waals surface area contributed by atoms with Gasteiger partial charge in [0, 0.05) is 70.5 Å². The number of hydrogen-bond acceptors (Lipinski definition) is 4. The quantitative estimate of drug-likeness (QED) is 0.152. The fourth-order valence-electron chi connectivity index (χ4n) is 9.83. The Morgan fingerprint density at radius 2 is 0.938 bits per heavy atom. The van der Waals surface area contributed by atoms with Crippen LogP contribution in [0.15, 0.2) is 241 Å². The van der Waals surface area contributed by atoms with E-state index >= 15 is 0 Å². The standard InChI is InChI=1S/C60H39N3OS/c1-4-16-42(17-5-1)61(43-18-6-2-7-19-43)45-22-14-23-46(38-45)62(47-32-35-59-51(39-47)50-25-11-13-29-58(50)65-59)54-27-15-28-57-60(54)52-36-40(31-34-56(52)64-57)41-30-33-49-48-24-10-12-26-53(48)63(55(49)37-41)44-20-8-3-9-21-44/h1-39H. The van der Waals surface area contributed by atoms with E-state index in [1.807, 2.05) is 11.3 Å². The first-order valence-corrected chi connectivity index (χ1v) is 22.8. The summed E-state index contributed by atoms with van der Waals surface area (Å²) in [5.41, 5.74) is 13.9. The van der Waals surface area contributed by atoms with Crippen LogP contribution in [0.25, 0.3) is 80.7 Å². The summed E-state index contributed by atoms with van der Waals surface area (Å²) in [5, 5.41) is 7.11. The Labute approximate surface area is 379 Å². The summed E-state index contributed by atoms with van der Waals surface area (Å²) in [6.45, 7) is 0. The monoisotopic (exact) mass is 849 g/mol. The van der Waals surface area contributed by atoms with E-state index in [1.165, 1.54) is 42.0 Å². The Balaban J connectivity index is 1.02. The van der Waals surface area contributed by atoms with Gasteiger partial charge in [-0.1, -0.05) is 121 Å². The second-order valence-electron chi connectivity index (χ2n) is 16.5. The fraction of sp³-hybridized carbons (Fsp3) is 0. The summed E-state index contributed by atoms with van der Waals surface area (Å²) >= 11 is 1.84. The van der Waals surface area contributed by atoms with Crippen LogP contribution in [-0.4, -0.2) is 4.57 Å². The summed E-state index contributed by atoms with van der Waals surface area (Å²) in [5.74, 6) is 0. The number of rotatable bonds is 8. The average molecular weight is 850 g/mol. The van der Waals surface area contributed by atoms with Gasteiger partial charge >= 0.3 is 0 Å². The Hall–Kier alpha value is -8.38. The van der Waals surface area contributed by atoms with E-state index in [0.717, 1.165) is 72.9 Å². The van der Waals surface area contributed by atoms with Gasteiger partial charge in [-0.15, -0.1) is 11.3 Å². The number of furan rings is 1. The van der Waals surface area contributed by atoms with E-state index in [1.54, 1.807) is 0 Å². The van der Waals surface area contributed by atoms with Crippen molar-refractivity contribution >= 4 is 109 Å². The molecule has 4 nitrogen and oxygen atoms in total. The molecular weight excluding hydrogens is 811 g/mol. The van der Waals surface area contributed by atoms with E-state index in [-0.39, 0.29) is 0 Å². The molecule has 0 aliphatic rings. The van der Waals surface area contributed by atoms with Crippen LogP contribution in [0.4, 0.5) is 34.1 Å². The minimum Gasteiger partial charge on any atom is -0.456 e. The highest BCUT2D eigenvalue weighted by atomic mass is 32.1. The number of anilines is 6. The van der Waals surface area contributed by atoms with Crippen LogP contribution in [0.2, 0.25) is 0 Å². The highest BCUT2D eigenvalue weighted by Gasteiger charge is 2.23. The molecule has 0 bridgehead atoms. The minimum absolute atomic E-state index is 0.840. The summed E-state index contributed by atoms with van der Waals surface area (Å²) in [4.78, 5) is 4.74. The molecule has 13 rings (SSSR count). The second kappa shape index (κ2) is 15.2. The molecule has 3 heterocycles. The van der Waals surface area contributed by atoms with Gasteiger partial charge in [0.2, 0.25) is 0 Å². The third-order valence-corrected chi connectivity index (χ3v) is 13.9. The molecule has 0 aliphatic carbocycles. The van der Waals surface area contributed by atoms with Crippen LogP contribution in [0.3, 0.4) is 0 Å². The molecule has 0 unspecified atom stereocenters. The topological polar surface area (TPSA) is 24.6 Å². The smallest absolute Gasteiger partial charge is 0.137 e. The zero-order valence-corrected chi connectivity index (χ0v) is 36.0. The SMILES string of the molecule is c1ccc(N(c2ccccc2)c2cccc(N(c3ccc4sc5ccccc5c4c3)c3cccc4oc5ccc(-c6ccc7c8ccccc8n(-c8ccccc8)c7c6)cc5c34)c2)cc1. The number of fused-ring (bicyclic) bond motifs is 9. The van der Waals surface area contributed by atoms with Crippen molar-refractivity contribution in [3.05, 3.63) is 237 Å². The Morgan fingerprint density at radius 1 is 0.338 bits per heavy atom. The maximum atomic E-state index is 6.75. The van der Waals surface area contributed by atoms with Gasteiger partial charge in [0.05, 0.1) is 22.1 Å². The van der Waals surface area contributed by atoms with Crippen LogP contribution in [0.5, 0.6) is 0 Å². The Morgan fingerprint density at radius 3 is 1.74 bits per heavy atom. The van der Waals surface area contributed by atoms with E-state index < -0.39 is 0 Å². The molecule has 5 heteroatoms. The second-order valence-corrected chi connectivity index (χ2v) is 17.6. The number of nitrogens with zero attached hydrogens (tertiary/aromatic N) is 3. The first kappa shape index (κ1) is 37.2. The predicted octanol–water partition coefficient (Wildman–Crippen LogP) is 17.7. The lowest BCUT2D eigenvalue weighted by Crippen LogP contribution is -2.13. The number of thiophene rings is 1. The Bertz CT molecular complexity index is 3870. The molecular formula is C60H39N3OS. The lowest BCUT2D eigenvalue weighted by atomic mass is 10.00. The van der Waals surface area contributed by atoms with Crippen molar-refractivity contribution < 1.29 is 4.42 Å². The maximum absolute atomic E-state index is 6.75. The van der Waals surface area contributed by atoms with Crippen molar-refractivity contribution in [2.24, 2.45) is 0 Å². The molecule has 0 spiro atoms. The van der Waals surface area contributed by atoms with Gasteiger partial charge in [0.1, 0.15) is 11.2 Å². The molecule has 0 fully saturated rings. The van der Waals surface area contributed by atoms with Gasteiger partial charge in [0.25, 0.3) is 0 Å². The van der Waals surface area contributed by atoms with Gasteiger partial charge in [-0.05, 0) is 126 Å². The third kappa shape index (κ3) is 6.20. The zero-order chi connectivity index (χ0) is 42.8. The number of hydrogen-bond donors (Lipinski definition) is 0. The lowest BCUT2D eigenvalue weighted by Gasteiger charge is -2.29. The van der Waals surface area contributed by atoms with Gasteiger partial charge in [-0.3, -0.25) is 0 Å². The first-order chi connectivity index (χ1) is 32.2. The fourth-order valence-corrected chi connectivity index (χ4v) is 10.9. The summed E-state index contributed by atoms with van der Waals surface area (Å²) in [6, 6.07) is 85.1. The van der Waals surface area contributed by atoms with Crippen LogP contribution < -0.4 is 9.80 Å². The molecule has 3 aromatic heterocycles. The molecule has 306 valence electrons. The molecule has 0 N–H and O–H groups in total. The van der Waals surface area contributed by atoms with E-state index in [2.05, 4.69) is 251 Å². The first-order valence-electron chi connectivity index (χ1n) is 22.0. The highest BCUT2D eigenvalue weighted by Crippen LogP contribution is 2.47. The van der Waals surface area contributed by atoms with Gasteiger partial charge < -0.3 is 18.8 Å². The van der Waals surface area contributed by atoms with Crippen molar-refractivity contribution in [1.29, 1.82) is 0 Å². The molecule has 10 aromatic carbocycles. The van der Waals surface area contributed by atoms with E-state index in [0.29, 0.717) is 0 Å². The molecule has 0 radical (unpaired) electrons. The van der Waals surface area contributed by atoms with E-state index in [9.17, 15) is 0 Å². The molecule has 0 amide bonds. The van der Waals surface area contributed by atoms with Crippen molar-refractivity contribution in [1.82, 2.24) is 4.57 Å². The summed E-state index contributed by atoms with van der Waals surface area (Å²) in [6.07, 6.45) is 0. The maximum Gasteiger partial charge on any atom is 0.137 e.